The lowest BCUT2D eigenvalue weighted by molar-refractivity contribution is -0.118. The number of rotatable bonds is 4. The van der Waals surface area contributed by atoms with Gasteiger partial charge in [0.1, 0.15) is 5.75 Å². The van der Waals surface area contributed by atoms with Gasteiger partial charge >= 0.3 is 0 Å². The zero-order valence-electron chi connectivity index (χ0n) is 16.7. The fourth-order valence-corrected chi connectivity index (χ4v) is 4.21. The van der Waals surface area contributed by atoms with Gasteiger partial charge in [-0.1, -0.05) is 48.5 Å². The lowest BCUT2D eigenvalue weighted by atomic mass is 9.90. The lowest BCUT2D eigenvalue weighted by Crippen LogP contribution is -2.47. The Hall–Kier alpha value is -3.57. The number of fused-ring (bicyclic) bond motifs is 3. The Morgan fingerprint density at radius 1 is 0.967 bits per heavy atom. The molecule has 0 aliphatic carbocycles. The van der Waals surface area contributed by atoms with E-state index in [4.69, 9.17) is 4.74 Å². The van der Waals surface area contributed by atoms with Crippen LogP contribution in [0.25, 0.3) is 10.9 Å². The van der Waals surface area contributed by atoms with Gasteiger partial charge in [0, 0.05) is 22.3 Å². The van der Waals surface area contributed by atoms with E-state index in [-0.39, 0.29) is 18.0 Å². The Morgan fingerprint density at radius 3 is 2.47 bits per heavy atom. The molecule has 1 aliphatic heterocycles. The summed E-state index contributed by atoms with van der Waals surface area (Å²) in [7, 11) is 1.66. The van der Waals surface area contributed by atoms with Gasteiger partial charge in [-0.2, -0.15) is 0 Å². The van der Waals surface area contributed by atoms with E-state index in [1.807, 2.05) is 66.7 Å². The van der Waals surface area contributed by atoms with Crippen molar-refractivity contribution in [2.75, 3.05) is 12.4 Å². The van der Waals surface area contributed by atoms with Crippen LogP contribution in [0.5, 0.6) is 5.75 Å². The maximum Gasteiger partial charge on any atom is 0.241 e. The molecule has 0 bridgehead atoms. The van der Waals surface area contributed by atoms with Crippen molar-refractivity contribution in [2.45, 2.75) is 18.5 Å². The van der Waals surface area contributed by atoms with Crippen LogP contribution < -0.4 is 15.4 Å². The highest BCUT2D eigenvalue weighted by atomic mass is 16.5. The van der Waals surface area contributed by atoms with Crippen LogP contribution in [0.15, 0.2) is 78.9 Å². The van der Waals surface area contributed by atoms with E-state index in [1.54, 1.807) is 7.11 Å². The zero-order chi connectivity index (χ0) is 20.5. The highest BCUT2D eigenvalue weighted by molar-refractivity contribution is 5.96. The molecule has 1 aromatic heterocycles. The summed E-state index contributed by atoms with van der Waals surface area (Å²) in [6.45, 7) is 0. The van der Waals surface area contributed by atoms with Crippen molar-refractivity contribution in [3.8, 4) is 5.75 Å². The molecule has 0 unspecified atom stereocenters. The predicted molar refractivity (Wildman–Crippen MR) is 119 cm³/mol. The molecule has 3 aromatic carbocycles. The van der Waals surface area contributed by atoms with Crippen LogP contribution in [0.4, 0.5) is 5.69 Å². The normalized spacial score (nSPS) is 18.0. The molecule has 0 radical (unpaired) electrons. The summed E-state index contributed by atoms with van der Waals surface area (Å²) in [6, 6.07) is 25.4. The molecule has 30 heavy (non-hydrogen) atoms. The summed E-state index contributed by atoms with van der Waals surface area (Å²) >= 11 is 0. The van der Waals surface area contributed by atoms with E-state index in [0.29, 0.717) is 6.42 Å². The molecule has 1 aliphatic rings. The number of nitrogens with one attached hydrogen (secondary N) is 3. The predicted octanol–water partition coefficient (Wildman–Crippen LogP) is 4.42. The minimum absolute atomic E-state index is 0.0318. The summed E-state index contributed by atoms with van der Waals surface area (Å²) < 4.78 is 5.31. The van der Waals surface area contributed by atoms with Gasteiger partial charge in [0.25, 0.3) is 0 Å². The van der Waals surface area contributed by atoms with Crippen LogP contribution in [0.1, 0.15) is 22.9 Å². The minimum atomic E-state index is -0.344. The van der Waals surface area contributed by atoms with Crippen molar-refractivity contribution in [1.82, 2.24) is 10.3 Å². The molecule has 5 nitrogen and oxygen atoms in total. The maximum atomic E-state index is 13.1. The first kappa shape index (κ1) is 18.5. The van der Waals surface area contributed by atoms with Crippen molar-refractivity contribution >= 4 is 22.5 Å². The summed E-state index contributed by atoms with van der Waals surface area (Å²) in [4.78, 5) is 16.7. The molecule has 150 valence electrons. The zero-order valence-corrected chi connectivity index (χ0v) is 16.7. The number of amides is 1. The van der Waals surface area contributed by atoms with Crippen molar-refractivity contribution in [1.29, 1.82) is 0 Å². The average molecular weight is 397 g/mol. The number of methoxy groups -OCH3 is 1. The first-order valence-electron chi connectivity index (χ1n) is 10.1. The molecule has 3 N–H and O–H groups in total. The SMILES string of the molecule is COc1ccc([C@@H]2N[C@@H](C(=O)Nc3ccccc3)Cc3c2[nH]c2ccccc32)cc1. The van der Waals surface area contributed by atoms with Gasteiger partial charge in [0.2, 0.25) is 5.91 Å². The van der Waals surface area contributed by atoms with Gasteiger partial charge < -0.3 is 15.0 Å². The van der Waals surface area contributed by atoms with Gasteiger partial charge in [-0.15, -0.1) is 0 Å². The second-order valence-corrected chi connectivity index (χ2v) is 7.55. The fraction of sp³-hybridized carbons (Fsp3) is 0.160. The summed E-state index contributed by atoms with van der Waals surface area (Å²) in [5.41, 5.74) is 5.28. The van der Waals surface area contributed by atoms with Crippen LogP contribution in [0.3, 0.4) is 0 Å². The molecular formula is C25H23N3O2. The molecule has 5 rings (SSSR count). The van der Waals surface area contributed by atoms with E-state index < -0.39 is 0 Å². The van der Waals surface area contributed by atoms with E-state index in [0.717, 1.165) is 28.2 Å². The number of carbonyl (C=O) groups excluding carboxylic acids is 1. The standard InChI is InChI=1S/C25H23N3O2/c1-30-18-13-11-16(12-14-18)23-24-20(19-9-5-6-10-21(19)27-24)15-22(28-23)25(29)26-17-7-3-2-4-8-17/h2-14,22-23,27-28H,15H2,1H3,(H,26,29)/t22-,23+/m1/s1. The van der Waals surface area contributed by atoms with Crippen LogP contribution in [-0.4, -0.2) is 24.0 Å². The number of benzene rings is 3. The second kappa shape index (κ2) is 7.69. The van der Waals surface area contributed by atoms with Crippen molar-refractivity contribution in [2.24, 2.45) is 0 Å². The van der Waals surface area contributed by atoms with E-state index in [2.05, 4.69) is 27.8 Å². The summed E-state index contributed by atoms with van der Waals surface area (Å²) in [5.74, 6) is 0.778. The molecule has 0 spiro atoms. The number of anilines is 1. The van der Waals surface area contributed by atoms with Crippen molar-refractivity contribution in [3.05, 3.63) is 95.7 Å². The van der Waals surface area contributed by atoms with Gasteiger partial charge in [-0.3, -0.25) is 10.1 Å². The maximum absolute atomic E-state index is 13.1. The molecule has 2 atom stereocenters. The molecule has 0 fully saturated rings. The molecule has 4 aromatic rings. The number of hydrogen-bond acceptors (Lipinski definition) is 3. The Labute approximate surface area is 175 Å². The number of carbonyl (C=O) groups is 1. The summed E-state index contributed by atoms with van der Waals surface area (Å²) in [6.07, 6.45) is 0.630. The molecule has 2 heterocycles. The van der Waals surface area contributed by atoms with E-state index in [1.165, 1.54) is 10.9 Å². The Bertz CT molecular complexity index is 1180. The third-order valence-electron chi connectivity index (χ3n) is 5.72. The topological polar surface area (TPSA) is 66.2 Å². The number of ether oxygens (including phenoxy) is 1. The van der Waals surface area contributed by atoms with Crippen molar-refractivity contribution < 1.29 is 9.53 Å². The Balaban J connectivity index is 1.53. The van der Waals surface area contributed by atoms with Crippen LogP contribution >= 0.6 is 0 Å². The van der Waals surface area contributed by atoms with Crippen LogP contribution in [0, 0.1) is 0 Å². The highest BCUT2D eigenvalue weighted by Gasteiger charge is 2.34. The molecule has 0 saturated heterocycles. The monoisotopic (exact) mass is 397 g/mol. The average Bonchev–Trinajstić information content (AvgIpc) is 3.18. The number of aromatic amines is 1. The minimum Gasteiger partial charge on any atom is -0.497 e. The second-order valence-electron chi connectivity index (χ2n) is 7.55. The van der Waals surface area contributed by atoms with Gasteiger partial charge in [-0.05, 0) is 47.9 Å². The smallest absolute Gasteiger partial charge is 0.241 e. The van der Waals surface area contributed by atoms with E-state index in [9.17, 15) is 4.79 Å². The highest BCUT2D eigenvalue weighted by Crippen LogP contribution is 2.35. The van der Waals surface area contributed by atoms with Crippen molar-refractivity contribution in [3.63, 3.8) is 0 Å². The van der Waals surface area contributed by atoms with Gasteiger partial charge in [0.05, 0.1) is 19.2 Å². The van der Waals surface area contributed by atoms with E-state index >= 15 is 0 Å². The first-order chi connectivity index (χ1) is 14.7. The molecule has 1 amide bonds. The molecular weight excluding hydrogens is 374 g/mol. The third-order valence-corrected chi connectivity index (χ3v) is 5.72. The molecule has 0 saturated carbocycles. The van der Waals surface area contributed by atoms with Gasteiger partial charge in [-0.25, -0.2) is 0 Å². The number of H-pyrrole nitrogens is 1. The number of hydrogen-bond donors (Lipinski definition) is 3. The fourth-order valence-electron chi connectivity index (χ4n) is 4.21. The summed E-state index contributed by atoms with van der Waals surface area (Å²) in [5, 5.41) is 7.77. The molecule has 5 heteroatoms. The number of aromatic nitrogens is 1. The van der Waals surface area contributed by atoms with Gasteiger partial charge in [0.15, 0.2) is 0 Å². The quantitative estimate of drug-likeness (QED) is 0.478. The Morgan fingerprint density at radius 2 is 1.70 bits per heavy atom. The third kappa shape index (κ3) is 3.33. The first-order valence-corrected chi connectivity index (χ1v) is 10.1. The largest absolute Gasteiger partial charge is 0.497 e. The van der Waals surface area contributed by atoms with Crippen LogP contribution in [-0.2, 0) is 11.2 Å². The Kier molecular flexibility index (Phi) is 4.73. The number of para-hydroxylation sites is 2. The lowest BCUT2D eigenvalue weighted by Gasteiger charge is -2.31. The van der Waals surface area contributed by atoms with Crippen LogP contribution in [0.2, 0.25) is 0 Å².